The Hall–Kier alpha value is -1.85. The molecule has 0 spiro atoms. The van der Waals surface area contributed by atoms with Crippen molar-refractivity contribution >= 4 is 6.01 Å². The monoisotopic (exact) mass is 277 g/mol. The van der Waals surface area contributed by atoms with Gasteiger partial charge in [0.25, 0.3) is 0 Å². The minimum atomic E-state index is 0.478. The van der Waals surface area contributed by atoms with E-state index in [0.29, 0.717) is 24.4 Å². The SMILES string of the molecule is Cc1nn(C)c(C)c1CNc1nnc(CCC(C)C)o1. The standard InChI is InChI=1S/C14H23N5O/c1-9(2)6-7-13-16-17-14(20-13)15-8-12-10(3)18-19(5)11(12)4/h9H,6-8H2,1-5H3,(H,15,17). The van der Waals surface area contributed by atoms with Crippen LogP contribution in [0.1, 0.15) is 43.1 Å². The van der Waals surface area contributed by atoms with E-state index in [0.717, 1.165) is 24.2 Å². The van der Waals surface area contributed by atoms with E-state index in [-0.39, 0.29) is 0 Å². The summed E-state index contributed by atoms with van der Waals surface area (Å²) < 4.78 is 7.46. The summed E-state index contributed by atoms with van der Waals surface area (Å²) in [5.74, 6) is 1.33. The predicted octanol–water partition coefficient (Wildman–Crippen LogP) is 2.62. The Kier molecular flexibility index (Phi) is 4.42. The largest absolute Gasteiger partial charge is 0.408 e. The first-order chi connectivity index (χ1) is 9.47. The lowest BCUT2D eigenvalue weighted by atomic mass is 10.1. The highest BCUT2D eigenvalue weighted by atomic mass is 16.4. The fraction of sp³-hybridized carbons (Fsp3) is 0.643. The van der Waals surface area contributed by atoms with Crippen molar-refractivity contribution in [3.8, 4) is 0 Å². The second-order valence-corrected chi connectivity index (χ2v) is 5.56. The molecule has 0 aliphatic carbocycles. The molecule has 2 aromatic heterocycles. The van der Waals surface area contributed by atoms with E-state index in [4.69, 9.17) is 4.42 Å². The number of nitrogens with zero attached hydrogens (tertiary/aromatic N) is 4. The van der Waals surface area contributed by atoms with Gasteiger partial charge in [-0.3, -0.25) is 4.68 Å². The highest BCUT2D eigenvalue weighted by Gasteiger charge is 2.11. The van der Waals surface area contributed by atoms with Gasteiger partial charge in [-0.05, 0) is 26.2 Å². The molecule has 0 bridgehead atoms. The Balaban J connectivity index is 1.94. The molecule has 0 saturated carbocycles. The predicted molar refractivity (Wildman–Crippen MR) is 77.5 cm³/mol. The molecule has 1 N–H and O–H groups in total. The maximum Gasteiger partial charge on any atom is 0.315 e. The van der Waals surface area contributed by atoms with Gasteiger partial charge in [-0.25, -0.2) is 0 Å². The Morgan fingerprint density at radius 3 is 2.60 bits per heavy atom. The van der Waals surface area contributed by atoms with Gasteiger partial charge in [0, 0.05) is 31.3 Å². The minimum Gasteiger partial charge on any atom is -0.408 e. The van der Waals surface area contributed by atoms with Crippen LogP contribution in [0.4, 0.5) is 6.01 Å². The molecule has 0 aliphatic rings. The van der Waals surface area contributed by atoms with Crippen molar-refractivity contribution in [3.63, 3.8) is 0 Å². The molecule has 0 fully saturated rings. The first-order valence-electron chi connectivity index (χ1n) is 7.02. The highest BCUT2D eigenvalue weighted by Crippen LogP contribution is 2.15. The molecule has 0 unspecified atom stereocenters. The normalized spacial score (nSPS) is 11.3. The third-order valence-corrected chi connectivity index (χ3v) is 3.48. The quantitative estimate of drug-likeness (QED) is 0.879. The second-order valence-electron chi connectivity index (χ2n) is 5.56. The molecule has 6 heteroatoms. The van der Waals surface area contributed by atoms with E-state index in [2.05, 4.69) is 41.4 Å². The van der Waals surface area contributed by atoms with E-state index in [1.165, 1.54) is 5.56 Å². The van der Waals surface area contributed by atoms with Crippen LogP contribution in [0.5, 0.6) is 0 Å². The fourth-order valence-electron chi connectivity index (χ4n) is 2.08. The zero-order valence-corrected chi connectivity index (χ0v) is 12.9. The molecule has 0 saturated heterocycles. The number of hydrogen-bond donors (Lipinski definition) is 1. The number of hydrogen-bond acceptors (Lipinski definition) is 5. The summed E-state index contributed by atoms with van der Waals surface area (Å²) in [5, 5.41) is 15.6. The molecular weight excluding hydrogens is 254 g/mol. The summed E-state index contributed by atoms with van der Waals surface area (Å²) in [5.41, 5.74) is 3.35. The Morgan fingerprint density at radius 1 is 1.25 bits per heavy atom. The van der Waals surface area contributed by atoms with Gasteiger partial charge in [-0.2, -0.15) is 5.10 Å². The third-order valence-electron chi connectivity index (χ3n) is 3.48. The zero-order valence-electron chi connectivity index (χ0n) is 12.9. The van der Waals surface area contributed by atoms with Crippen molar-refractivity contribution in [2.45, 2.75) is 47.1 Å². The van der Waals surface area contributed by atoms with Gasteiger partial charge in [-0.15, -0.1) is 5.10 Å². The molecule has 0 amide bonds. The Labute approximate surface area is 119 Å². The van der Waals surface area contributed by atoms with Gasteiger partial charge < -0.3 is 9.73 Å². The van der Waals surface area contributed by atoms with Crippen LogP contribution in [0.3, 0.4) is 0 Å². The van der Waals surface area contributed by atoms with Gasteiger partial charge in [-0.1, -0.05) is 18.9 Å². The van der Waals surface area contributed by atoms with Crippen LogP contribution < -0.4 is 5.32 Å². The van der Waals surface area contributed by atoms with Crippen LogP contribution in [0.15, 0.2) is 4.42 Å². The van der Waals surface area contributed by atoms with Crippen LogP contribution in [0.25, 0.3) is 0 Å². The van der Waals surface area contributed by atoms with Gasteiger partial charge in [0.2, 0.25) is 5.89 Å². The zero-order chi connectivity index (χ0) is 14.7. The number of nitrogens with one attached hydrogen (secondary N) is 1. The smallest absolute Gasteiger partial charge is 0.315 e. The highest BCUT2D eigenvalue weighted by molar-refractivity contribution is 5.29. The number of rotatable bonds is 6. The summed E-state index contributed by atoms with van der Waals surface area (Å²) in [7, 11) is 1.95. The third kappa shape index (κ3) is 3.37. The molecular formula is C14H23N5O. The van der Waals surface area contributed by atoms with Gasteiger partial charge in [0.05, 0.1) is 5.69 Å². The molecule has 20 heavy (non-hydrogen) atoms. The van der Waals surface area contributed by atoms with Crippen molar-refractivity contribution in [1.82, 2.24) is 20.0 Å². The van der Waals surface area contributed by atoms with E-state index in [9.17, 15) is 0 Å². The molecule has 0 atom stereocenters. The van der Waals surface area contributed by atoms with Crippen LogP contribution in [0, 0.1) is 19.8 Å². The van der Waals surface area contributed by atoms with Crippen LogP contribution in [0.2, 0.25) is 0 Å². The molecule has 110 valence electrons. The van der Waals surface area contributed by atoms with Crippen molar-refractivity contribution < 1.29 is 4.42 Å². The molecule has 0 radical (unpaired) electrons. The second kappa shape index (κ2) is 6.07. The number of aryl methyl sites for hydroxylation is 3. The molecule has 2 rings (SSSR count). The fourth-order valence-corrected chi connectivity index (χ4v) is 2.08. The van der Waals surface area contributed by atoms with E-state index >= 15 is 0 Å². The summed E-state index contributed by atoms with van der Waals surface area (Å²) in [4.78, 5) is 0. The van der Waals surface area contributed by atoms with Crippen molar-refractivity contribution in [2.24, 2.45) is 13.0 Å². The van der Waals surface area contributed by atoms with Gasteiger partial charge in [0.1, 0.15) is 0 Å². The lowest BCUT2D eigenvalue weighted by Gasteiger charge is -2.02. The summed E-state index contributed by atoms with van der Waals surface area (Å²) >= 11 is 0. The summed E-state index contributed by atoms with van der Waals surface area (Å²) in [6, 6.07) is 0.478. The Morgan fingerprint density at radius 2 is 2.00 bits per heavy atom. The maximum absolute atomic E-state index is 5.58. The van der Waals surface area contributed by atoms with Crippen molar-refractivity contribution in [1.29, 1.82) is 0 Å². The van der Waals surface area contributed by atoms with Gasteiger partial charge >= 0.3 is 6.01 Å². The molecule has 2 aromatic rings. The number of aromatic nitrogens is 4. The topological polar surface area (TPSA) is 68.8 Å². The first kappa shape index (κ1) is 14.6. The molecule has 0 aromatic carbocycles. The Bertz CT molecular complexity index is 570. The molecule has 0 aliphatic heterocycles. The molecule has 6 nitrogen and oxygen atoms in total. The average molecular weight is 277 g/mol. The average Bonchev–Trinajstić information content (AvgIpc) is 2.92. The van der Waals surface area contributed by atoms with E-state index < -0.39 is 0 Å². The van der Waals surface area contributed by atoms with Gasteiger partial charge in [0.15, 0.2) is 0 Å². The summed E-state index contributed by atoms with van der Waals surface area (Å²) in [6.45, 7) is 9.08. The maximum atomic E-state index is 5.58. The van der Waals surface area contributed by atoms with Crippen LogP contribution >= 0.6 is 0 Å². The van der Waals surface area contributed by atoms with Crippen molar-refractivity contribution in [3.05, 3.63) is 22.8 Å². The first-order valence-corrected chi connectivity index (χ1v) is 7.02. The van der Waals surface area contributed by atoms with Crippen molar-refractivity contribution in [2.75, 3.05) is 5.32 Å². The lowest BCUT2D eigenvalue weighted by Crippen LogP contribution is -2.02. The lowest BCUT2D eigenvalue weighted by molar-refractivity contribution is 0.469. The minimum absolute atomic E-state index is 0.478. The van der Waals surface area contributed by atoms with Crippen LogP contribution in [-0.4, -0.2) is 20.0 Å². The number of anilines is 1. The van der Waals surface area contributed by atoms with E-state index in [1.54, 1.807) is 0 Å². The van der Waals surface area contributed by atoms with Crippen LogP contribution in [-0.2, 0) is 20.0 Å². The molecule has 2 heterocycles. The van der Waals surface area contributed by atoms with E-state index in [1.807, 2.05) is 18.7 Å². The summed E-state index contributed by atoms with van der Waals surface area (Å²) in [6.07, 6.45) is 1.89.